The predicted molar refractivity (Wildman–Crippen MR) is 141 cm³/mol. The topological polar surface area (TPSA) is 105 Å². The number of rotatable bonds is 7. The molecule has 198 valence electrons. The first-order chi connectivity index (χ1) is 17.0. The SMILES string of the molecule is CC(C)c1ccc(S(=O)(=O)c2ccc(N3C[C@H](C)NC[C@H]3C)cc2)cc1S(=O)(=O)NC1CCOCC1. The Morgan fingerprint density at radius 3 is 2.25 bits per heavy atom. The fourth-order valence-electron chi connectivity index (χ4n) is 4.82. The summed E-state index contributed by atoms with van der Waals surface area (Å²) in [6, 6.07) is 11.7. The maximum atomic E-state index is 13.5. The van der Waals surface area contributed by atoms with Crippen LogP contribution in [0.25, 0.3) is 0 Å². The lowest BCUT2D eigenvalue weighted by Gasteiger charge is -2.39. The van der Waals surface area contributed by atoms with E-state index >= 15 is 0 Å². The van der Waals surface area contributed by atoms with Crippen LogP contribution in [0, 0.1) is 0 Å². The van der Waals surface area contributed by atoms with Crippen molar-refractivity contribution in [3.8, 4) is 0 Å². The van der Waals surface area contributed by atoms with Gasteiger partial charge in [-0.3, -0.25) is 0 Å². The molecule has 0 aromatic heterocycles. The van der Waals surface area contributed by atoms with Crippen LogP contribution in [-0.4, -0.2) is 61.3 Å². The molecule has 2 aromatic rings. The summed E-state index contributed by atoms with van der Waals surface area (Å²) in [4.78, 5) is 2.39. The van der Waals surface area contributed by atoms with Crippen LogP contribution in [0.3, 0.4) is 0 Å². The molecular weight excluding hydrogens is 498 g/mol. The summed E-state index contributed by atoms with van der Waals surface area (Å²) in [5.41, 5.74) is 1.56. The van der Waals surface area contributed by atoms with E-state index in [9.17, 15) is 16.8 Å². The van der Waals surface area contributed by atoms with Crippen molar-refractivity contribution in [2.45, 2.75) is 79.3 Å². The van der Waals surface area contributed by atoms with E-state index in [-0.39, 0.29) is 26.6 Å². The van der Waals surface area contributed by atoms with Crippen molar-refractivity contribution in [3.63, 3.8) is 0 Å². The molecule has 2 atom stereocenters. The van der Waals surface area contributed by atoms with Crippen LogP contribution in [0.5, 0.6) is 0 Å². The van der Waals surface area contributed by atoms with Crippen molar-refractivity contribution in [1.82, 2.24) is 10.0 Å². The zero-order valence-corrected chi connectivity index (χ0v) is 23.0. The highest BCUT2D eigenvalue weighted by Gasteiger charge is 2.29. The molecule has 0 amide bonds. The molecule has 0 spiro atoms. The number of sulfone groups is 1. The Bertz CT molecular complexity index is 1270. The lowest BCUT2D eigenvalue weighted by molar-refractivity contribution is 0.0832. The van der Waals surface area contributed by atoms with E-state index in [2.05, 4.69) is 28.8 Å². The molecule has 2 aromatic carbocycles. The molecule has 0 unspecified atom stereocenters. The Morgan fingerprint density at radius 1 is 0.972 bits per heavy atom. The molecule has 4 rings (SSSR count). The minimum atomic E-state index is -3.92. The number of sulfonamides is 1. The van der Waals surface area contributed by atoms with Gasteiger partial charge in [0.15, 0.2) is 0 Å². The molecule has 0 radical (unpaired) electrons. The van der Waals surface area contributed by atoms with Gasteiger partial charge in [0.05, 0.1) is 14.7 Å². The zero-order chi connectivity index (χ0) is 26.1. The van der Waals surface area contributed by atoms with Crippen molar-refractivity contribution < 1.29 is 21.6 Å². The number of anilines is 1. The molecule has 8 nitrogen and oxygen atoms in total. The highest BCUT2D eigenvalue weighted by Crippen LogP contribution is 2.31. The maximum Gasteiger partial charge on any atom is 0.241 e. The Morgan fingerprint density at radius 2 is 1.61 bits per heavy atom. The molecule has 2 heterocycles. The monoisotopic (exact) mass is 535 g/mol. The highest BCUT2D eigenvalue weighted by atomic mass is 32.2. The molecule has 2 aliphatic rings. The van der Waals surface area contributed by atoms with Gasteiger partial charge in [-0.05, 0) is 74.6 Å². The van der Waals surface area contributed by atoms with Crippen LogP contribution in [-0.2, 0) is 24.6 Å². The zero-order valence-electron chi connectivity index (χ0n) is 21.4. The summed E-state index contributed by atoms with van der Waals surface area (Å²) in [5.74, 6) is -0.0919. The quantitative estimate of drug-likeness (QED) is 0.561. The van der Waals surface area contributed by atoms with Gasteiger partial charge in [0.2, 0.25) is 19.9 Å². The molecule has 2 aliphatic heterocycles. The molecular formula is C26H37N3O5S2. The lowest BCUT2D eigenvalue weighted by Crippen LogP contribution is -2.54. The average molecular weight is 536 g/mol. The van der Waals surface area contributed by atoms with Gasteiger partial charge in [-0.2, -0.15) is 0 Å². The second kappa shape index (κ2) is 10.8. The van der Waals surface area contributed by atoms with Gasteiger partial charge in [-0.1, -0.05) is 19.9 Å². The van der Waals surface area contributed by atoms with Gasteiger partial charge in [0.1, 0.15) is 0 Å². The predicted octanol–water partition coefficient (Wildman–Crippen LogP) is 3.29. The molecule has 2 N–H and O–H groups in total. The van der Waals surface area contributed by atoms with Gasteiger partial charge in [0.25, 0.3) is 0 Å². The smallest absolute Gasteiger partial charge is 0.241 e. The van der Waals surface area contributed by atoms with E-state index < -0.39 is 19.9 Å². The number of hydrogen-bond donors (Lipinski definition) is 2. The Hall–Kier alpha value is -1.98. The third kappa shape index (κ3) is 5.78. The average Bonchev–Trinajstić information content (AvgIpc) is 2.85. The summed E-state index contributed by atoms with van der Waals surface area (Å²) in [7, 11) is -7.83. The molecule has 0 saturated carbocycles. The fraction of sp³-hybridized carbons (Fsp3) is 0.538. The summed E-state index contributed by atoms with van der Waals surface area (Å²) in [5, 5.41) is 3.45. The second-order valence-corrected chi connectivity index (χ2v) is 13.8. The fourth-order valence-corrected chi connectivity index (χ4v) is 7.88. The summed E-state index contributed by atoms with van der Waals surface area (Å²) in [6.07, 6.45) is 1.18. The molecule has 10 heteroatoms. The third-order valence-corrected chi connectivity index (χ3v) is 10.3. The van der Waals surface area contributed by atoms with Crippen LogP contribution in [0.4, 0.5) is 5.69 Å². The minimum absolute atomic E-state index is 0.0188. The lowest BCUT2D eigenvalue weighted by atomic mass is 10.0. The number of nitrogens with one attached hydrogen (secondary N) is 2. The van der Waals surface area contributed by atoms with Gasteiger partial charge in [-0.15, -0.1) is 0 Å². The van der Waals surface area contributed by atoms with Crippen molar-refractivity contribution in [3.05, 3.63) is 48.0 Å². The summed E-state index contributed by atoms with van der Waals surface area (Å²) >= 11 is 0. The normalized spacial score (nSPS) is 22.2. The van der Waals surface area contributed by atoms with Crippen molar-refractivity contribution >= 4 is 25.5 Å². The van der Waals surface area contributed by atoms with Crippen molar-refractivity contribution in [1.29, 1.82) is 0 Å². The Kier molecular flexibility index (Phi) is 8.11. The molecule has 0 bridgehead atoms. The molecule has 36 heavy (non-hydrogen) atoms. The van der Waals surface area contributed by atoms with Crippen LogP contribution in [0.2, 0.25) is 0 Å². The van der Waals surface area contributed by atoms with Crippen LogP contribution in [0.15, 0.2) is 57.2 Å². The van der Waals surface area contributed by atoms with Crippen LogP contribution < -0.4 is 14.9 Å². The van der Waals surface area contributed by atoms with E-state index in [1.165, 1.54) is 12.1 Å². The number of ether oxygens (including phenoxy) is 1. The number of piperazine rings is 1. The summed E-state index contributed by atoms with van der Waals surface area (Å²) < 4.78 is 61.9. The number of nitrogens with zero attached hydrogens (tertiary/aromatic N) is 1. The molecule has 2 saturated heterocycles. The number of benzene rings is 2. The maximum absolute atomic E-state index is 13.5. The van der Waals surface area contributed by atoms with Gasteiger partial charge in [-0.25, -0.2) is 21.6 Å². The first-order valence-electron chi connectivity index (χ1n) is 12.6. The Labute approximate surface area is 215 Å². The van der Waals surface area contributed by atoms with E-state index in [1.54, 1.807) is 18.2 Å². The number of hydrogen-bond acceptors (Lipinski definition) is 7. The summed E-state index contributed by atoms with van der Waals surface area (Å²) in [6.45, 7) is 10.8. The highest BCUT2D eigenvalue weighted by molar-refractivity contribution is 7.91. The van der Waals surface area contributed by atoms with E-state index in [0.717, 1.165) is 18.8 Å². The van der Waals surface area contributed by atoms with Crippen molar-refractivity contribution in [2.24, 2.45) is 0 Å². The van der Waals surface area contributed by atoms with Gasteiger partial charge < -0.3 is 15.0 Å². The van der Waals surface area contributed by atoms with Gasteiger partial charge in [0, 0.05) is 50.1 Å². The van der Waals surface area contributed by atoms with E-state index in [0.29, 0.717) is 43.7 Å². The van der Waals surface area contributed by atoms with E-state index in [4.69, 9.17) is 4.74 Å². The van der Waals surface area contributed by atoms with Crippen molar-refractivity contribution in [2.75, 3.05) is 31.2 Å². The van der Waals surface area contributed by atoms with Crippen LogP contribution in [0.1, 0.15) is 52.0 Å². The third-order valence-electron chi connectivity index (χ3n) is 6.99. The standard InChI is InChI=1S/C26H37N3O5S2/c1-18(2)25-10-9-24(15-26(25)36(32,33)28-21-11-13-34-14-12-21)35(30,31)23-7-5-22(6-8-23)29-17-19(3)27-16-20(29)4/h5-10,15,18-21,27-28H,11-14,16-17H2,1-4H3/t19-,20+/m0/s1. The second-order valence-electron chi connectivity index (χ2n) is 10.2. The molecule has 2 fully saturated rings. The first-order valence-corrected chi connectivity index (χ1v) is 15.5. The Balaban J connectivity index is 1.65. The van der Waals surface area contributed by atoms with Gasteiger partial charge >= 0.3 is 0 Å². The van der Waals surface area contributed by atoms with Crippen LogP contribution >= 0.6 is 0 Å². The first kappa shape index (κ1) is 27.1. The minimum Gasteiger partial charge on any atom is -0.381 e. The van der Waals surface area contributed by atoms with E-state index in [1.807, 2.05) is 26.0 Å². The molecule has 0 aliphatic carbocycles. The largest absolute Gasteiger partial charge is 0.381 e.